The van der Waals surface area contributed by atoms with E-state index in [9.17, 15) is 10.1 Å². The average molecular weight is 359 g/mol. The molecule has 0 radical (unpaired) electrons. The number of nitrogens with zero attached hydrogens (tertiary/aromatic N) is 1. The van der Waals surface area contributed by atoms with Gasteiger partial charge in [0.15, 0.2) is 0 Å². The van der Waals surface area contributed by atoms with Gasteiger partial charge >= 0.3 is 0 Å². The summed E-state index contributed by atoms with van der Waals surface area (Å²) in [5.74, 6) is 0.686. The Morgan fingerprint density at radius 2 is 1.46 bits per heavy atom. The van der Waals surface area contributed by atoms with Gasteiger partial charge < -0.3 is 19.7 Å². The summed E-state index contributed by atoms with van der Waals surface area (Å²) in [5.41, 5.74) is 1.90. The van der Waals surface area contributed by atoms with Gasteiger partial charge in [0.25, 0.3) is 5.69 Å². The summed E-state index contributed by atoms with van der Waals surface area (Å²) < 4.78 is 10.7. The van der Waals surface area contributed by atoms with Gasteiger partial charge in [-0.2, -0.15) is 0 Å². The number of benzene rings is 2. The molecule has 0 fully saturated rings. The van der Waals surface area contributed by atoms with Crippen LogP contribution in [0.3, 0.4) is 0 Å². The third-order valence-electron chi connectivity index (χ3n) is 3.57. The lowest BCUT2D eigenvalue weighted by atomic mass is 10.1. The summed E-state index contributed by atoms with van der Waals surface area (Å²) in [5, 5.41) is 28.4. The van der Waals surface area contributed by atoms with Crippen molar-refractivity contribution in [3.63, 3.8) is 0 Å². The first kappa shape index (κ1) is 19.6. The first-order valence-corrected chi connectivity index (χ1v) is 8.11. The summed E-state index contributed by atoms with van der Waals surface area (Å²) in [7, 11) is 0. The Hall–Kier alpha value is -2.74. The van der Waals surface area contributed by atoms with Gasteiger partial charge in [0.2, 0.25) is 0 Å². The summed E-state index contributed by atoms with van der Waals surface area (Å²) >= 11 is 0. The highest BCUT2D eigenvalue weighted by Crippen LogP contribution is 2.16. The molecule has 0 spiro atoms. The van der Waals surface area contributed by atoms with E-state index in [-0.39, 0.29) is 25.5 Å². The predicted molar refractivity (Wildman–Crippen MR) is 97.9 cm³/mol. The van der Waals surface area contributed by atoms with Crippen molar-refractivity contribution >= 4 is 17.8 Å². The maximum atomic E-state index is 10.6. The van der Waals surface area contributed by atoms with Crippen LogP contribution in [0.2, 0.25) is 0 Å². The predicted octanol–water partition coefficient (Wildman–Crippen LogP) is 2.51. The van der Waals surface area contributed by atoms with Crippen molar-refractivity contribution in [3.05, 3.63) is 69.8 Å². The third kappa shape index (κ3) is 6.29. The molecule has 2 aromatic carbocycles. The number of ether oxygens (including phenoxy) is 2. The molecule has 0 aliphatic rings. The molecule has 2 aromatic rings. The van der Waals surface area contributed by atoms with Crippen molar-refractivity contribution in [2.75, 3.05) is 26.4 Å². The Morgan fingerprint density at radius 3 is 1.96 bits per heavy atom. The number of nitro groups is 1. The lowest BCUT2D eigenvalue weighted by molar-refractivity contribution is -0.384. The minimum Gasteiger partial charge on any atom is -0.491 e. The number of aliphatic hydroxyl groups is 2. The molecule has 0 aliphatic heterocycles. The number of aliphatic hydroxyl groups excluding tert-OH is 2. The largest absolute Gasteiger partial charge is 0.491 e. The number of hydrogen-bond acceptors (Lipinski definition) is 6. The van der Waals surface area contributed by atoms with Crippen LogP contribution < -0.4 is 4.74 Å². The lowest BCUT2D eigenvalue weighted by Crippen LogP contribution is -2.24. The van der Waals surface area contributed by atoms with Crippen molar-refractivity contribution < 1.29 is 24.6 Å². The van der Waals surface area contributed by atoms with Crippen LogP contribution in [0.1, 0.15) is 11.1 Å². The normalized spacial score (nSPS) is 11.2. The Bertz CT molecular complexity index is 708. The second kappa shape index (κ2) is 10.3. The standard InChI is InChI=1S/C19H21NO6/c21-13-19(14-22)26-12-11-25-18-9-5-16(6-10-18)2-1-15-3-7-17(8-4-15)20(23)24/h1-10,19,21-22H,11-14H2/b2-1+. The maximum Gasteiger partial charge on any atom is 0.269 e. The minimum absolute atomic E-state index is 0.0666. The molecule has 0 aliphatic carbocycles. The van der Waals surface area contributed by atoms with Crippen LogP contribution in [0.5, 0.6) is 5.75 Å². The fraction of sp³-hybridized carbons (Fsp3) is 0.263. The molecule has 2 N–H and O–H groups in total. The quantitative estimate of drug-likeness (QED) is 0.292. The molecule has 0 unspecified atom stereocenters. The van der Waals surface area contributed by atoms with Crippen LogP contribution in [0.15, 0.2) is 48.5 Å². The first-order valence-electron chi connectivity index (χ1n) is 8.11. The summed E-state index contributed by atoms with van der Waals surface area (Å²) in [6.07, 6.45) is 3.20. The van der Waals surface area contributed by atoms with Gasteiger partial charge in [0.05, 0.1) is 24.7 Å². The SMILES string of the molecule is O=[N+]([O-])c1ccc(/C=C/c2ccc(OCCOC(CO)CO)cc2)cc1. The van der Waals surface area contributed by atoms with E-state index in [1.165, 1.54) is 12.1 Å². The third-order valence-corrected chi connectivity index (χ3v) is 3.57. The molecule has 0 aromatic heterocycles. The van der Waals surface area contributed by atoms with Crippen LogP contribution >= 0.6 is 0 Å². The van der Waals surface area contributed by atoms with Crippen LogP contribution in [0.4, 0.5) is 5.69 Å². The maximum absolute atomic E-state index is 10.6. The molecular weight excluding hydrogens is 338 g/mol. The monoisotopic (exact) mass is 359 g/mol. The smallest absolute Gasteiger partial charge is 0.269 e. The fourth-order valence-electron chi connectivity index (χ4n) is 2.11. The van der Waals surface area contributed by atoms with Gasteiger partial charge in [-0.25, -0.2) is 0 Å². The van der Waals surface area contributed by atoms with Gasteiger partial charge in [0, 0.05) is 12.1 Å². The molecule has 0 atom stereocenters. The van der Waals surface area contributed by atoms with E-state index in [4.69, 9.17) is 19.7 Å². The molecule has 0 saturated carbocycles. The van der Waals surface area contributed by atoms with Crippen molar-refractivity contribution in [2.24, 2.45) is 0 Å². The molecule has 26 heavy (non-hydrogen) atoms. The summed E-state index contributed by atoms with van der Waals surface area (Å²) in [6, 6.07) is 13.8. The topological polar surface area (TPSA) is 102 Å². The Kier molecular flexibility index (Phi) is 7.75. The van der Waals surface area contributed by atoms with Gasteiger partial charge in [-0.05, 0) is 35.4 Å². The van der Waals surface area contributed by atoms with Crippen molar-refractivity contribution in [1.82, 2.24) is 0 Å². The highest BCUT2D eigenvalue weighted by molar-refractivity contribution is 5.70. The average Bonchev–Trinajstić information content (AvgIpc) is 2.67. The molecule has 0 amide bonds. The molecule has 2 rings (SSSR count). The van der Waals surface area contributed by atoms with E-state index < -0.39 is 11.0 Å². The van der Waals surface area contributed by atoms with E-state index in [0.717, 1.165) is 11.1 Å². The zero-order valence-corrected chi connectivity index (χ0v) is 14.2. The van der Waals surface area contributed by atoms with Crippen LogP contribution in [0.25, 0.3) is 12.2 Å². The fourth-order valence-corrected chi connectivity index (χ4v) is 2.11. The highest BCUT2D eigenvalue weighted by atomic mass is 16.6. The van der Waals surface area contributed by atoms with Crippen molar-refractivity contribution in [2.45, 2.75) is 6.10 Å². The summed E-state index contributed by atoms with van der Waals surface area (Å²) in [4.78, 5) is 10.2. The highest BCUT2D eigenvalue weighted by Gasteiger charge is 2.05. The van der Waals surface area contributed by atoms with E-state index in [1.54, 1.807) is 12.1 Å². The van der Waals surface area contributed by atoms with Crippen molar-refractivity contribution in [3.8, 4) is 5.75 Å². The van der Waals surface area contributed by atoms with E-state index in [2.05, 4.69) is 0 Å². The molecule has 0 bridgehead atoms. The molecule has 7 nitrogen and oxygen atoms in total. The number of non-ortho nitro benzene ring substituents is 1. The minimum atomic E-state index is -0.578. The molecule has 7 heteroatoms. The van der Waals surface area contributed by atoms with Gasteiger partial charge in [0.1, 0.15) is 18.5 Å². The van der Waals surface area contributed by atoms with Crippen molar-refractivity contribution in [1.29, 1.82) is 0 Å². The number of nitro benzene ring substituents is 1. The first-order chi connectivity index (χ1) is 12.6. The second-order valence-corrected chi connectivity index (χ2v) is 5.46. The zero-order chi connectivity index (χ0) is 18.8. The summed E-state index contributed by atoms with van der Waals surface area (Å²) in [6.45, 7) is 0.126. The van der Waals surface area contributed by atoms with E-state index >= 15 is 0 Å². The second-order valence-electron chi connectivity index (χ2n) is 5.46. The van der Waals surface area contributed by atoms with E-state index in [1.807, 2.05) is 36.4 Å². The molecule has 0 saturated heterocycles. The Morgan fingerprint density at radius 1 is 0.923 bits per heavy atom. The molecule has 138 valence electrons. The van der Waals surface area contributed by atoms with E-state index in [0.29, 0.717) is 12.4 Å². The molecule has 0 heterocycles. The molecular formula is C19H21NO6. The van der Waals surface area contributed by atoms with Gasteiger partial charge in [-0.3, -0.25) is 10.1 Å². The van der Waals surface area contributed by atoms with Crippen LogP contribution in [0, 0.1) is 10.1 Å². The zero-order valence-electron chi connectivity index (χ0n) is 14.2. The Labute approximate surface area is 151 Å². The number of rotatable bonds is 10. The van der Waals surface area contributed by atoms with Gasteiger partial charge in [-0.1, -0.05) is 24.3 Å². The lowest BCUT2D eigenvalue weighted by Gasteiger charge is -2.12. The van der Waals surface area contributed by atoms with Crippen LogP contribution in [-0.2, 0) is 4.74 Å². The van der Waals surface area contributed by atoms with Crippen LogP contribution in [-0.4, -0.2) is 47.7 Å². The number of hydrogen-bond donors (Lipinski definition) is 2. The Balaban J connectivity index is 1.82. The van der Waals surface area contributed by atoms with Gasteiger partial charge in [-0.15, -0.1) is 0 Å².